The molecule has 0 spiro atoms. The number of nitrogen functional groups attached to an aromatic ring is 1. The minimum Gasteiger partial charge on any atom is -0.378 e. The Hall–Kier alpha value is -0.610. The van der Waals surface area contributed by atoms with Crippen LogP contribution >= 0.6 is 11.3 Å². The topological polar surface area (TPSA) is 48.1 Å². The third kappa shape index (κ3) is 2.42. The van der Waals surface area contributed by atoms with E-state index in [0.717, 1.165) is 19.4 Å². The van der Waals surface area contributed by atoms with Gasteiger partial charge in [-0.15, -0.1) is 11.3 Å². The maximum absolute atomic E-state index is 5.54. The Morgan fingerprint density at radius 2 is 2.62 bits per heavy atom. The summed E-state index contributed by atoms with van der Waals surface area (Å²) in [5, 5.41) is 0.669. The molecule has 4 heteroatoms. The van der Waals surface area contributed by atoms with Crippen LogP contribution in [0.25, 0.3) is 0 Å². The number of anilines is 1. The number of ether oxygens (including phenoxy) is 1. The van der Waals surface area contributed by atoms with Crippen molar-refractivity contribution in [1.29, 1.82) is 0 Å². The van der Waals surface area contributed by atoms with Crippen LogP contribution in [0.15, 0.2) is 6.20 Å². The molecule has 1 unspecified atom stereocenters. The van der Waals surface area contributed by atoms with E-state index in [1.54, 1.807) is 11.3 Å². The summed E-state index contributed by atoms with van der Waals surface area (Å²) in [6, 6.07) is 0. The van der Waals surface area contributed by atoms with Gasteiger partial charge in [-0.05, 0) is 25.7 Å². The van der Waals surface area contributed by atoms with Crippen LogP contribution in [0, 0.1) is 0 Å². The summed E-state index contributed by atoms with van der Waals surface area (Å²) in [5.41, 5.74) is 5.54. The Balaban J connectivity index is 1.78. The van der Waals surface area contributed by atoms with E-state index >= 15 is 0 Å². The van der Waals surface area contributed by atoms with Crippen molar-refractivity contribution in [2.24, 2.45) is 0 Å². The van der Waals surface area contributed by atoms with Crippen molar-refractivity contribution in [3.05, 3.63) is 11.1 Å². The maximum atomic E-state index is 5.54. The van der Waals surface area contributed by atoms with Gasteiger partial charge in [-0.1, -0.05) is 0 Å². The van der Waals surface area contributed by atoms with Gasteiger partial charge >= 0.3 is 0 Å². The first-order valence-electron chi connectivity index (χ1n) is 4.66. The number of aryl methyl sites for hydroxylation is 1. The van der Waals surface area contributed by atoms with E-state index in [2.05, 4.69) is 4.98 Å². The quantitative estimate of drug-likeness (QED) is 0.806. The molecule has 72 valence electrons. The molecule has 2 N–H and O–H groups in total. The molecular formula is C9H14N2OS. The van der Waals surface area contributed by atoms with Gasteiger partial charge in [0.05, 0.1) is 6.10 Å². The zero-order valence-electron chi connectivity index (χ0n) is 7.53. The molecular weight excluding hydrogens is 184 g/mol. The second-order valence-corrected chi connectivity index (χ2v) is 4.49. The monoisotopic (exact) mass is 198 g/mol. The molecule has 1 aliphatic heterocycles. The summed E-state index contributed by atoms with van der Waals surface area (Å²) in [6.07, 6.45) is 6.95. The number of rotatable bonds is 3. The molecule has 1 atom stereocenters. The second kappa shape index (κ2) is 4.07. The highest BCUT2D eigenvalue weighted by molar-refractivity contribution is 7.15. The van der Waals surface area contributed by atoms with Gasteiger partial charge in [-0.25, -0.2) is 4.98 Å². The average molecular weight is 198 g/mol. The van der Waals surface area contributed by atoms with Crippen molar-refractivity contribution in [2.75, 3.05) is 12.3 Å². The van der Waals surface area contributed by atoms with Crippen LogP contribution in [0.3, 0.4) is 0 Å². The molecule has 13 heavy (non-hydrogen) atoms. The standard InChI is InChI=1S/C9H14N2OS/c10-9-11-6-8(13-9)4-3-7-2-1-5-12-7/h6-7H,1-5H2,(H2,10,11). The summed E-state index contributed by atoms with van der Waals surface area (Å²) in [4.78, 5) is 5.29. The second-order valence-electron chi connectivity index (χ2n) is 3.34. The maximum Gasteiger partial charge on any atom is 0.180 e. The van der Waals surface area contributed by atoms with Crippen LogP contribution < -0.4 is 5.73 Å². The first-order valence-corrected chi connectivity index (χ1v) is 5.48. The van der Waals surface area contributed by atoms with Crippen molar-refractivity contribution in [2.45, 2.75) is 31.8 Å². The van der Waals surface area contributed by atoms with Crippen molar-refractivity contribution >= 4 is 16.5 Å². The summed E-state index contributed by atoms with van der Waals surface area (Å²) in [6.45, 7) is 0.940. The molecule has 0 aromatic carbocycles. The lowest BCUT2D eigenvalue weighted by molar-refractivity contribution is 0.105. The zero-order chi connectivity index (χ0) is 9.10. The van der Waals surface area contributed by atoms with Gasteiger partial charge in [0.25, 0.3) is 0 Å². The Bertz CT molecular complexity index is 268. The van der Waals surface area contributed by atoms with E-state index in [9.17, 15) is 0 Å². The highest BCUT2D eigenvalue weighted by Crippen LogP contribution is 2.21. The molecule has 1 aromatic rings. The third-order valence-electron chi connectivity index (χ3n) is 2.31. The normalized spacial score (nSPS) is 22.3. The lowest BCUT2D eigenvalue weighted by Crippen LogP contribution is -2.05. The molecule has 0 bridgehead atoms. The van der Waals surface area contributed by atoms with Gasteiger partial charge in [-0.3, -0.25) is 0 Å². The van der Waals surface area contributed by atoms with Crippen molar-refractivity contribution < 1.29 is 4.74 Å². The molecule has 0 amide bonds. The average Bonchev–Trinajstić information content (AvgIpc) is 2.71. The van der Waals surface area contributed by atoms with Crippen molar-refractivity contribution in [3.63, 3.8) is 0 Å². The minimum absolute atomic E-state index is 0.475. The summed E-state index contributed by atoms with van der Waals surface area (Å²) in [7, 11) is 0. The molecule has 2 heterocycles. The number of nitrogens with two attached hydrogens (primary N) is 1. The summed E-state index contributed by atoms with van der Waals surface area (Å²) >= 11 is 1.58. The van der Waals surface area contributed by atoms with Gasteiger partial charge < -0.3 is 10.5 Å². The van der Waals surface area contributed by atoms with E-state index in [4.69, 9.17) is 10.5 Å². The lowest BCUT2D eigenvalue weighted by atomic mass is 10.1. The molecule has 2 rings (SSSR count). The zero-order valence-corrected chi connectivity index (χ0v) is 8.35. The Morgan fingerprint density at radius 1 is 1.69 bits per heavy atom. The van der Waals surface area contributed by atoms with Crippen LogP contribution in [0.5, 0.6) is 0 Å². The number of nitrogens with zero attached hydrogens (tertiary/aromatic N) is 1. The lowest BCUT2D eigenvalue weighted by Gasteiger charge is -2.06. The Labute approximate surface area is 81.9 Å². The van der Waals surface area contributed by atoms with Crippen LogP contribution in [-0.2, 0) is 11.2 Å². The van der Waals surface area contributed by atoms with Gasteiger partial charge in [-0.2, -0.15) is 0 Å². The van der Waals surface area contributed by atoms with E-state index in [-0.39, 0.29) is 0 Å². The van der Waals surface area contributed by atoms with E-state index in [1.165, 1.54) is 17.7 Å². The highest BCUT2D eigenvalue weighted by Gasteiger charge is 2.15. The van der Waals surface area contributed by atoms with Gasteiger partial charge in [0.1, 0.15) is 0 Å². The molecule has 1 aliphatic rings. The molecule has 3 nitrogen and oxygen atoms in total. The van der Waals surface area contributed by atoms with Gasteiger partial charge in [0.15, 0.2) is 5.13 Å². The highest BCUT2D eigenvalue weighted by atomic mass is 32.1. The van der Waals surface area contributed by atoms with E-state index < -0.39 is 0 Å². The van der Waals surface area contributed by atoms with Crippen molar-refractivity contribution in [1.82, 2.24) is 4.98 Å². The number of thiazole rings is 1. The van der Waals surface area contributed by atoms with Crippen LogP contribution in [0.2, 0.25) is 0 Å². The first kappa shape index (κ1) is 8.97. The molecule has 1 fully saturated rings. The number of hydrogen-bond acceptors (Lipinski definition) is 4. The smallest absolute Gasteiger partial charge is 0.180 e. The molecule has 1 saturated heterocycles. The van der Waals surface area contributed by atoms with Gasteiger partial charge in [0, 0.05) is 17.7 Å². The number of aromatic nitrogens is 1. The predicted octanol–water partition coefficient (Wildman–Crippen LogP) is 1.84. The molecule has 1 aromatic heterocycles. The Kier molecular flexibility index (Phi) is 2.80. The Morgan fingerprint density at radius 3 is 3.23 bits per heavy atom. The fourth-order valence-corrected chi connectivity index (χ4v) is 2.31. The predicted molar refractivity (Wildman–Crippen MR) is 53.8 cm³/mol. The largest absolute Gasteiger partial charge is 0.378 e. The van der Waals surface area contributed by atoms with Crippen LogP contribution in [0.1, 0.15) is 24.1 Å². The summed E-state index contributed by atoms with van der Waals surface area (Å²) < 4.78 is 5.53. The minimum atomic E-state index is 0.475. The van der Waals surface area contributed by atoms with Crippen molar-refractivity contribution in [3.8, 4) is 0 Å². The molecule has 0 saturated carbocycles. The third-order valence-corrected chi connectivity index (χ3v) is 3.19. The van der Waals surface area contributed by atoms with Gasteiger partial charge in [0.2, 0.25) is 0 Å². The fourth-order valence-electron chi connectivity index (χ4n) is 1.61. The van der Waals surface area contributed by atoms with E-state index in [1.807, 2.05) is 6.20 Å². The van der Waals surface area contributed by atoms with Crippen LogP contribution in [0.4, 0.5) is 5.13 Å². The molecule has 0 aliphatic carbocycles. The number of hydrogen-bond donors (Lipinski definition) is 1. The first-order chi connectivity index (χ1) is 6.34. The van der Waals surface area contributed by atoms with E-state index in [0.29, 0.717) is 11.2 Å². The van der Waals surface area contributed by atoms with Crippen LogP contribution in [-0.4, -0.2) is 17.7 Å². The molecule has 0 radical (unpaired) electrons. The SMILES string of the molecule is Nc1ncc(CCC2CCCO2)s1. The fraction of sp³-hybridized carbons (Fsp3) is 0.667. The summed E-state index contributed by atoms with van der Waals surface area (Å²) in [5.74, 6) is 0.